The lowest BCUT2D eigenvalue weighted by Crippen LogP contribution is -2.10. The van der Waals surface area contributed by atoms with Crippen LogP contribution in [0.4, 0.5) is 0 Å². The van der Waals surface area contributed by atoms with E-state index < -0.39 is 5.97 Å². The molecular weight excluding hydrogens is 635 g/mol. The maximum Gasteiger partial charge on any atom is 0.346 e. The first-order valence-electron chi connectivity index (χ1n) is 17.4. The van der Waals surface area contributed by atoms with Crippen molar-refractivity contribution >= 4 is 67.0 Å². The third kappa shape index (κ3) is 5.80. The van der Waals surface area contributed by atoms with Gasteiger partial charge in [0.2, 0.25) is 0 Å². The number of carboxylic acids is 1. The van der Waals surface area contributed by atoms with Crippen molar-refractivity contribution in [3.05, 3.63) is 107 Å². The van der Waals surface area contributed by atoms with Gasteiger partial charge >= 0.3 is 5.97 Å². The summed E-state index contributed by atoms with van der Waals surface area (Å²) in [4.78, 5) is 13.2. The number of aryl methyl sites for hydroxylation is 1. The Morgan fingerprint density at radius 1 is 0.760 bits per heavy atom. The molecule has 1 N–H and O–H groups in total. The zero-order valence-electron chi connectivity index (χ0n) is 29.9. The number of fused-ring (bicyclic) bond motifs is 6. The van der Waals surface area contributed by atoms with Crippen LogP contribution in [0.15, 0.2) is 90.5 Å². The fourth-order valence-corrected chi connectivity index (χ4v) is 7.98. The Morgan fingerprint density at radius 2 is 1.36 bits per heavy atom. The van der Waals surface area contributed by atoms with Crippen molar-refractivity contribution in [1.82, 2.24) is 9.13 Å². The van der Waals surface area contributed by atoms with Gasteiger partial charge in [-0.3, -0.25) is 0 Å². The molecule has 7 aromatic rings. The van der Waals surface area contributed by atoms with Crippen LogP contribution in [0.5, 0.6) is 0 Å². The molecule has 0 spiro atoms. The summed E-state index contributed by atoms with van der Waals surface area (Å²) in [7, 11) is 0. The number of aliphatic carboxylic acids is 1. The van der Waals surface area contributed by atoms with Crippen LogP contribution in [0.25, 0.3) is 65.8 Å². The molecule has 7 rings (SSSR count). The molecule has 0 aliphatic heterocycles. The van der Waals surface area contributed by atoms with E-state index in [9.17, 15) is 15.2 Å². The van der Waals surface area contributed by atoms with Gasteiger partial charge in [-0.25, -0.2) is 4.79 Å². The second-order valence-electron chi connectivity index (χ2n) is 15.4. The summed E-state index contributed by atoms with van der Waals surface area (Å²) in [5.41, 5.74) is 9.52. The minimum atomic E-state index is -1.21. The monoisotopic (exact) mass is 677 g/mol. The van der Waals surface area contributed by atoms with E-state index >= 15 is 0 Å². The number of aromatic nitrogens is 2. The van der Waals surface area contributed by atoms with Crippen molar-refractivity contribution in [2.75, 3.05) is 0 Å². The number of nitrogens with zero attached hydrogens (tertiary/aromatic N) is 3. The predicted molar refractivity (Wildman–Crippen MR) is 211 cm³/mol. The number of benzene rings is 4. The lowest BCUT2D eigenvalue weighted by Gasteiger charge is -2.19. The first-order chi connectivity index (χ1) is 23.8. The van der Waals surface area contributed by atoms with Crippen molar-refractivity contribution in [2.24, 2.45) is 0 Å². The maximum atomic E-state index is 11.4. The average Bonchev–Trinajstić information content (AvgIpc) is 3.76. The Hall–Kier alpha value is -5.12. The number of carboxylic acid groups (broad SMARTS) is 1. The van der Waals surface area contributed by atoms with Crippen molar-refractivity contribution in [3.8, 4) is 22.2 Å². The lowest BCUT2D eigenvalue weighted by atomic mass is 9.85. The summed E-state index contributed by atoms with van der Waals surface area (Å²) >= 11 is 1.49. The molecule has 0 bridgehead atoms. The molecule has 0 radical (unpaired) electrons. The lowest BCUT2D eigenvalue weighted by molar-refractivity contribution is -0.132. The van der Waals surface area contributed by atoms with Crippen LogP contribution in [0, 0.1) is 11.3 Å². The zero-order chi connectivity index (χ0) is 35.5. The average molecular weight is 678 g/mol. The molecule has 252 valence electrons. The fourth-order valence-electron chi connectivity index (χ4n) is 7.04. The van der Waals surface area contributed by atoms with Crippen LogP contribution in [0.3, 0.4) is 0 Å². The third-order valence-corrected chi connectivity index (χ3v) is 11.0. The van der Waals surface area contributed by atoms with Crippen LogP contribution >= 0.6 is 11.3 Å². The largest absolute Gasteiger partial charge is 0.477 e. The Bertz CT molecular complexity index is 2470. The second-order valence-corrected chi connectivity index (χ2v) is 16.5. The highest BCUT2D eigenvalue weighted by molar-refractivity contribution is 7.16. The summed E-state index contributed by atoms with van der Waals surface area (Å²) in [5, 5.41) is 23.6. The van der Waals surface area contributed by atoms with Crippen molar-refractivity contribution in [2.45, 2.75) is 78.7 Å². The van der Waals surface area contributed by atoms with Crippen LogP contribution in [-0.2, 0) is 22.2 Å². The molecule has 4 aromatic carbocycles. The quantitative estimate of drug-likeness (QED) is 0.135. The summed E-state index contributed by atoms with van der Waals surface area (Å²) in [5.74, 6) is -1.21. The molecule has 0 saturated heterocycles. The highest BCUT2D eigenvalue weighted by atomic mass is 32.1. The molecular formula is C44H43N3O2S. The molecule has 6 heteroatoms. The molecule has 0 atom stereocenters. The van der Waals surface area contributed by atoms with Crippen LogP contribution in [0.2, 0.25) is 0 Å². The molecule has 0 amide bonds. The van der Waals surface area contributed by atoms with Gasteiger partial charge in [-0.15, -0.1) is 11.3 Å². The minimum Gasteiger partial charge on any atom is -0.477 e. The smallest absolute Gasteiger partial charge is 0.346 e. The standard InChI is InChI=1S/C44H43N3O2S/c1-8-9-20-46-39-22-27(41-19-14-32(50-41)21-28(26-45)42(48)49)10-15-33(39)34-16-13-31(25-40(34)46)47-37-17-11-29(43(2,3)4)23-35(37)36-24-30(44(5,6)7)12-18-38(36)47/h10-19,21-25H,8-9,20H2,1-7H3,(H,48,49)/b28-21-. The van der Waals surface area contributed by atoms with Crippen LogP contribution in [0.1, 0.15) is 77.3 Å². The number of carbonyl (C=O) groups is 1. The van der Waals surface area contributed by atoms with E-state index in [1.807, 2.05) is 12.1 Å². The highest BCUT2D eigenvalue weighted by Crippen LogP contribution is 2.40. The molecule has 50 heavy (non-hydrogen) atoms. The summed E-state index contributed by atoms with van der Waals surface area (Å²) in [6, 6.07) is 33.2. The molecule has 3 aromatic heterocycles. The van der Waals surface area contributed by atoms with E-state index in [4.69, 9.17) is 0 Å². The first-order valence-corrected chi connectivity index (χ1v) is 18.2. The topological polar surface area (TPSA) is 70.9 Å². The van der Waals surface area contributed by atoms with E-state index in [1.165, 1.54) is 72.2 Å². The van der Waals surface area contributed by atoms with Gasteiger partial charge in [-0.2, -0.15) is 5.26 Å². The summed E-state index contributed by atoms with van der Waals surface area (Å²) in [6.45, 7) is 16.8. The SMILES string of the molecule is CCCCn1c2cc(-c3ccc(/C=C(/C#N)C(=O)O)s3)ccc2c2ccc(-n3c4ccc(C(C)(C)C)cc4c4cc(C(C)(C)C)ccc43)cc21. The maximum absolute atomic E-state index is 11.4. The van der Waals surface area contributed by atoms with Gasteiger partial charge in [0, 0.05) is 49.0 Å². The van der Waals surface area contributed by atoms with E-state index in [1.54, 1.807) is 6.07 Å². The van der Waals surface area contributed by atoms with Gasteiger partial charge in [0.1, 0.15) is 11.6 Å². The van der Waals surface area contributed by atoms with Gasteiger partial charge < -0.3 is 14.2 Å². The van der Waals surface area contributed by atoms with Crippen LogP contribution in [-0.4, -0.2) is 20.2 Å². The highest BCUT2D eigenvalue weighted by Gasteiger charge is 2.22. The van der Waals surface area contributed by atoms with Gasteiger partial charge in [-0.05, 0) is 94.6 Å². The summed E-state index contributed by atoms with van der Waals surface area (Å²) in [6.07, 6.45) is 3.59. The number of hydrogen-bond acceptors (Lipinski definition) is 3. The Kier molecular flexibility index (Phi) is 8.23. The molecule has 0 saturated carbocycles. The molecule has 3 heterocycles. The number of rotatable bonds is 7. The van der Waals surface area contributed by atoms with Gasteiger partial charge in [-0.1, -0.05) is 85.2 Å². The molecule has 0 aliphatic rings. The second kappa shape index (κ2) is 12.3. The molecule has 5 nitrogen and oxygen atoms in total. The Morgan fingerprint density at radius 3 is 1.92 bits per heavy atom. The van der Waals surface area contributed by atoms with E-state index in [0.29, 0.717) is 0 Å². The van der Waals surface area contributed by atoms with Gasteiger partial charge in [0.25, 0.3) is 0 Å². The summed E-state index contributed by atoms with van der Waals surface area (Å²) < 4.78 is 4.90. The number of hydrogen-bond donors (Lipinski definition) is 1. The van der Waals surface area contributed by atoms with Crippen molar-refractivity contribution < 1.29 is 9.90 Å². The molecule has 0 fully saturated rings. The normalized spacial score (nSPS) is 12.8. The number of unbranched alkanes of at least 4 members (excludes halogenated alkanes) is 1. The predicted octanol–water partition coefficient (Wildman–Crippen LogP) is 12.0. The number of nitriles is 1. The molecule has 0 aliphatic carbocycles. The zero-order valence-corrected chi connectivity index (χ0v) is 30.7. The third-order valence-electron chi connectivity index (χ3n) is 9.89. The number of thiophene rings is 1. The fraction of sp³-hybridized carbons (Fsp3) is 0.273. The van der Waals surface area contributed by atoms with E-state index in [0.717, 1.165) is 40.4 Å². The van der Waals surface area contributed by atoms with Gasteiger partial charge in [0.15, 0.2) is 0 Å². The van der Waals surface area contributed by atoms with Crippen molar-refractivity contribution in [3.63, 3.8) is 0 Å². The van der Waals surface area contributed by atoms with Gasteiger partial charge in [0.05, 0.1) is 16.6 Å². The minimum absolute atomic E-state index is 0.0433. The van der Waals surface area contributed by atoms with Crippen molar-refractivity contribution in [1.29, 1.82) is 5.26 Å². The van der Waals surface area contributed by atoms with E-state index in [-0.39, 0.29) is 16.4 Å². The Labute approximate surface area is 297 Å². The Balaban J connectivity index is 1.43. The van der Waals surface area contributed by atoms with Crippen LogP contribution < -0.4 is 0 Å². The van der Waals surface area contributed by atoms with E-state index in [2.05, 4.69) is 130 Å². The molecule has 0 unspecified atom stereocenters. The first kappa shape index (κ1) is 33.4.